The zero-order valence-corrected chi connectivity index (χ0v) is 12.1. The van der Waals surface area contributed by atoms with Crippen molar-refractivity contribution < 1.29 is 9.84 Å². The van der Waals surface area contributed by atoms with Gasteiger partial charge in [-0.3, -0.25) is 0 Å². The van der Waals surface area contributed by atoms with Crippen LogP contribution in [0.15, 0.2) is 10.8 Å². The van der Waals surface area contributed by atoms with Crippen LogP contribution < -0.4 is 16.2 Å². The van der Waals surface area contributed by atoms with Crippen LogP contribution in [0.25, 0.3) is 0 Å². The SMILES string of the molecule is NNc1ncnc(N2CCC(OCCO)CC2)c1Br. The Kier molecular flexibility index (Phi) is 5.32. The monoisotopic (exact) mass is 331 g/mol. The highest BCUT2D eigenvalue weighted by Gasteiger charge is 2.23. The molecule has 1 fully saturated rings. The maximum absolute atomic E-state index is 8.74. The van der Waals surface area contributed by atoms with Crippen LogP contribution >= 0.6 is 15.9 Å². The first-order valence-corrected chi connectivity index (χ1v) is 7.00. The van der Waals surface area contributed by atoms with Crippen LogP contribution in [0.3, 0.4) is 0 Å². The molecule has 4 N–H and O–H groups in total. The summed E-state index contributed by atoms with van der Waals surface area (Å²) < 4.78 is 6.31. The third-order valence-electron chi connectivity index (χ3n) is 3.09. The Morgan fingerprint density at radius 3 is 2.84 bits per heavy atom. The van der Waals surface area contributed by atoms with Gasteiger partial charge in [-0.2, -0.15) is 0 Å². The minimum atomic E-state index is 0.0726. The molecule has 106 valence electrons. The molecule has 0 aromatic carbocycles. The summed E-state index contributed by atoms with van der Waals surface area (Å²) in [5, 5.41) is 8.74. The summed E-state index contributed by atoms with van der Waals surface area (Å²) in [7, 11) is 0. The smallest absolute Gasteiger partial charge is 0.159 e. The molecule has 2 rings (SSSR count). The van der Waals surface area contributed by atoms with Gasteiger partial charge in [-0.05, 0) is 28.8 Å². The highest BCUT2D eigenvalue weighted by molar-refractivity contribution is 9.10. The van der Waals surface area contributed by atoms with Crippen LogP contribution in [0.1, 0.15) is 12.8 Å². The van der Waals surface area contributed by atoms with Crippen molar-refractivity contribution in [2.24, 2.45) is 5.84 Å². The molecule has 0 amide bonds. The summed E-state index contributed by atoms with van der Waals surface area (Å²) in [6.07, 6.45) is 3.55. The van der Waals surface area contributed by atoms with E-state index in [0.717, 1.165) is 36.2 Å². The van der Waals surface area contributed by atoms with E-state index in [0.29, 0.717) is 12.4 Å². The maximum Gasteiger partial charge on any atom is 0.159 e. The fourth-order valence-electron chi connectivity index (χ4n) is 2.14. The third-order valence-corrected chi connectivity index (χ3v) is 3.82. The van der Waals surface area contributed by atoms with Gasteiger partial charge < -0.3 is 20.2 Å². The number of aromatic nitrogens is 2. The number of hydrogen-bond donors (Lipinski definition) is 3. The molecule has 0 spiro atoms. The van der Waals surface area contributed by atoms with E-state index in [1.54, 1.807) is 0 Å². The van der Waals surface area contributed by atoms with Crippen LogP contribution in [0.2, 0.25) is 0 Å². The molecule has 0 atom stereocenters. The van der Waals surface area contributed by atoms with E-state index in [1.807, 2.05) is 0 Å². The Morgan fingerprint density at radius 2 is 2.21 bits per heavy atom. The van der Waals surface area contributed by atoms with Crippen molar-refractivity contribution in [3.8, 4) is 0 Å². The second-order valence-corrected chi connectivity index (χ2v) is 5.08. The molecule has 19 heavy (non-hydrogen) atoms. The van der Waals surface area contributed by atoms with E-state index in [-0.39, 0.29) is 12.7 Å². The molecule has 0 bridgehead atoms. The molecule has 0 saturated carbocycles. The fraction of sp³-hybridized carbons (Fsp3) is 0.636. The van der Waals surface area contributed by atoms with Crippen molar-refractivity contribution in [3.63, 3.8) is 0 Å². The maximum atomic E-state index is 8.74. The number of nitrogens with two attached hydrogens (primary N) is 1. The highest BCUT2D eigenvalue weighted by atomic mass is 79.9. The standard InChI is InChI=1S/C11H18BrN5O2/c12-9-10(16-13)14-7-15-11(9)17-3-1-8(2-4-17)19-6-5-18/h7-8,18H,1-6,13H2,(H,14,15,16). The number of anilines is 2. The quantitative estimate of drug-likeness (QED) is 0.534. The molecule has 1 saturated heterocycles. The predicted octanol–water partition coefficient (Wildman–Crippen LogP) is 0.502. The molecule has 0 radical (unpaired) electrons. The Morgan fingerprint density at radius 1 is 1.47 bits per heavy atom. The van der Waals surface area contributed by atoms with Crippen molar-refractivity contribution in [2.75, 3.05) is 36.6 Å². The summed E-state index contributed by atoms with van der Waals surface area (Å²) in [5.74, 6) is 6.80. The molecule has 0 unspecified atom stereocenters. The lowest BCUT2D eigenvalue weighted by atomic mass is 10.1. The Hall–Kier alpha value is -0.960. The van der Waals surface area contributed by atoms with Gasteiger partial charge in [0.15, 0.2) is 5.82 Å². The minimum absolute atomic E-state index is 0.0726. The van der Waals surface area contributed by atoms with Gasteiger partial charge in [0.2, 0.25) is 0 Å². The van der Waals surface area contributed by atoms with Gasteiger partial charge in [0.25, 0.3) is 0 Å². The molecule has 1 aliphatic heterocycles. The number of piperidine rings is 1. The number of aliphatic hydroxyl groups excluding tert-OH is 1. The number of nitrogens with one attached hydrogen (secondary N) is 1. The first-order valence-electron chi connectivity index (χ1n) is 6.20. The van der Waals surface area contributed by atoms with Gasteiger partial charge in [-0.1, -0.05) is 0 Å². The molecule has 1 aromatic rings. The number of halogens is 1. The molecular formula is C11H18BrN5O2. The lowest BCUT2D eigenvalue weighted by Crippen LogP contribution is -2.38. The Bertz CT molecular complexity index is 412. The number of rotatable bonds is 5. The lowest BCUT2D eigenvalue weighted by molar-refractivity contribution is 0.0158. The van der Waals surface area contributed by atoms with Crippen molar-refractivity contribution in [2.45, 2.75) is 18.9 Å². The zero-order chi connectivity index (χ0) is 13.7. The fourth-order valence-corrected chi connectivity index (χ4v) is 2.71. The van der Waals surface area contributed by atoms with Gasteiger partial charge in [0.05, 0.1) is 19.3 Å². The van der Waals surface area contributed by atoms with Crippen LogP contribution in [0, 0.1) is 0 Å². The average Bonchev–Trinajstić information content (AvgIpc) is 2.46. The lowest BCUT2D eigenvalue weighted by Gasteiger charge is -2.33. The number of hydrogen-bond acceptors (Lipinski definition) is 7. The second-order valence-electron chi connectivity index (χ2n) is 4.29. The normalized spacial score (nSPS) is 16.7. The number of hydrazine groups is 1. The van der Waals surface area contributed by atoms with E-state index < -0.39 is 0 Å². The van der Waals surface area contributed by atoms with Gasteiger partial charge >= 0.3 is 0 Å². The zero-order valence-electron chi connectivity index (χ0n) is 10.5. The number of nitrogens with zero attached hydrogens (tertiary/aromatic N) is 3. The molecule has 1 aromatic heterocycles. The van der Waals surface area contributed by atoms with Gasteiger partial charge in [0.1, 0.15) is 16.6 Å². The summed E-state index contributed by atoms with van der Waals surface area (Å²) in [5.41, 5.74) is 2.53. The van der Waals surface area contributed by atoms with Crippen LogP contribution in [-0.2, 0) is 4.74 Å². The summed E-state index contributed by atoms with van der Waals surface area (Å²) in [4.78, 5) is 10.5. The molecule has 1 aliphatic rings. The van der Waals surface area contributed by atoms with E-state index in [1.165, 1.54) is 6.33 Å². The summed E-state index contributed by atoms with van der Waals surface area (Å²) >= 11 is 3.46. The van der Waals surface area contributed by atoms with Crippen molar-refractivity contribution in [1.82, 2.24) is 9.97 Å². The van der Waals surface area contributed by atoms with Gasteiger partial charge in [-0.15, -0.1) is 0 Å². The number of nitrogen functional groups attached to an aromatic ring is 1. The van der Waals surface area contributed by atoms with E-state index in [4.69, 9.17) is 15.7 Å². The van der Waals surface area contributed by atoms with Gasteiger partial charge in [0, 0.05) is 13.1 Å². The summed E-state index contributed by atoms with van der Waals surface area (Å²) in [6, 6.07) is 0. The van der Waals surface area contributed by atoms with Crippen molar-refractivity contribution in [3.05, 3.63) is 10.8 Å². The average molecular weight is 332 g/mol. The molecule has 8 heteroatoms. The van der Waals surface area contributed by atoms with Crippen molar-refractivity contribution in [1.29, 1.82) is 0 Å². The number of aliphatic hydroxyl groups is 1. The second kappa shape index (κ2) is 6.99. The number of ether oxygens (including phenoxy) is 1. The first kappa shape index (κ1) is 14.4. The van der Waals surface area contributed by atoms with Crippen LogP contribution in [0.4, 0.5) is 11.6 Å². The Balaban J connectivity index is 1.98. The molecule has 7 nitrogen and oxygen atoms in total. The van der Waals surface area contributed by atoms with E-state index in [9.17, 15) is 0 Å². The molecule has 0 aliphatic carbocycles. The summed E-state index contributed by atoms with van der Waals surface area (Å²) in [6.45, 7) is 2.19. The topological polar surface area (TPSA) is 96.5 Å². The van der Waals surface area contributed by atoms with Crippen molar-refractivity contribution >= 4 is 27.6 Å². The van der Waals surface area contributed by atoms with E-state index in [2.05, 4.69) is 36.2 Å². The molecule has 2 heterocycles. The molecular weight excluding hydrogens is 314 g/mol. The van der Waals surface area contributed by atoms with E-state index >= 15 is 0 Å². The van der Waals surface area contributed by atoms with Gasteiger partial charge in [-0.25, -0.2) is 15.8 Å². The third kappa shape index (κ3) is 3.53. The highest BCUT2D eigenvalue weighted by Crippen LogP contribution is 2.30. The largest absolute Gasteiger partial charge is 0.394 e. The predicted molar refractivity (Wildman–Crippen MR) is 75.8 cm³/mol. The Labute approximate surface area is 120 Å². The first-order chi connectivity index (χ1) is 9.26. The minimum Gasteiger partial charge on any atom is -0.394 e. The van der Waals surface area contributed by atoms with Crippen LogP contribution in [0.5, 0.6) is 0 Å². The van der Waals surface area contributed by atoms with Crippen LogP contribution in [-0.4, -0.2) is 47.5 Å².